The molecule has 1 aromatic carbocycles. The molecule has 0 aliphatic carbocycles. The number of aliphatic hydroxyl groups is 1. The van der Waals surface area contributed by atoms with E-state index in [0.29, 0.717) is 5.02 Å². The van der Waals surface area contributed by atoms with Crippen molar-refractivity contribution in [3.63, 3.8) is 0 Å². The minimum Gasteiger partial charge on any atom is -0.388 e. The van der Waals surface area contributed by atoms with Gasteiger partial charge in [-0.25, -0.2) is 0 Å². The van der Waals surface area contributed by atoms with Crippen LogP contribution < -0.4 is 0 Å². The van der Waals surface area contributed by atoms with Crippen LogP contribution in [0.3, 0.4) is 0 Å². The van der Waals surface area contributed by atoms with Crippen molar-refractivity contribution in [2.75, 3.05) is 0 Å². The zero-order valence-electron chi connectivity index (χ0n) is 7.13. The molecule has 0 bridgehead atoms. The van der Waals surface area contributed by atoms with E-state index in [2.05, 4.69) is 0 Å². The van der Waals surface area contributed by atoms with Gasteiger partial charge in [0.2, 0.25) is 0 Å². The van der Waals surface area contributed by atoms with E-state index in [0.717, 1.165) is 18.4 Å². The fourth-order valence-corrected chi connectivity index (χ4v) is 1.44. The number of benzene rings is 1. The minimum absolute atomic E-state index is 0.413. The summed E-state index contributed by atoms with van der Waals surface area (Å²) in [5, 5.41) is 10.3. The summed E-state index contributed by atoms with van der Waals surface area (Å²) in [4.78, 5) is 0. The monoisotopic (exact) mass is 184 g/mol. The Morgan fingerprint density at radius 2 is 2.08 bits per heavy atom. The van der Waals surface area contributed by atoms with Crippen LogP contribution in [0.1, 0.15) is 31.4 Å². The SMILES string of the molecule is CCCC(O)c1ccccc1Cl. The van der Waals surface area contributed by atoms with Gasteiger partial charge in [-0.1, -0.05) is 43.1 Å². The highest BCUT2D eigenvalue weighted by Crippen LogP contribution is 2.25. The number of halogens is 1. The van der Waals surface area contributed by atoms with E-state index in [-0.39, 0.29) is 0 Å². The first kappa shape index (κ1) is 9.56. The molecule has 1 nitrogen and oxygen atoms in total. The van der Waals surface area contributed by atoms with Crippen LogP contribution in [-0.4, -0.2) is 5.11 Å². The fourth-order valence-electron chi connectivity index (χ4n) is 1.17. The molecule has 0 fully saturated rings. The molecule has 0 amide bonds. The number of rotatable bonds is 3. The van der Waals surface area contributed by atoms with Gasteiger partial charge in [0.15, 0.2) is 0 Å². The molecule has 0 aliphatic heterocycles. The molecule has 2 heteroatoms. The molecule has 1 atom stereocenters. The molecule has 0 saturated heterocycles. The van der Waals surface area contributed by atoms with Crippen LogP contribution in [0.15, 0.2) is 24.3 Å². The average Bonchev–Trinajstić information content (AvgIpc) is 2.05. The maximum Gasteiger partial charge on any atom is 0.0804 e. The molecule has 0 saturated carbocycles. The summed E-state index contributed by atoms with van der Waals surface area (Å²) in [6, 6.07) is 7.42. The Labute approximate surface area is 78.0 Å². The summed E-state index contributed by atoms with van der Waals surface area (Å²) in [7, 11) is 0. The lowest BCUT2D eigenvalue weighted by atomic mass is 10.1. The van der Waals surface area contributed by atoms with Gasteiger partial charge >= 0.3 is 0 Å². The second-order valence-electron chi connectivity index (χ2n) is 2.83. The number of hydrogen-bond acceptors (Lipinski definition) is 1. The van der Waals surface area contributed by atoms with Crippen molar-refractivity contribution in [2.45, 2.75) is 25.9 Å². The van der Waals surface area contributed by atoms with Crippen molar-refractivity contribution in [1.29, 1.82) is 0 Å². The summed E-state index contributed by atoms with van der Waals surface area (Å²) in [5.74, 6) is 0. The van der Waals surface area contributed by atoms with E-state index >= 15 is 0 Å². The third-order valence-corrected chi connectivity index (χ3v) is 2.17. The molecule has 1 N–H and O–H groups in total. The van der Waals surface area contributed by atoms with Gasteiger partial charge in [0, 0.05) is 5.02 Å². The number of hydrogen-bond donors (Lipinski definition) is 1. The van der Waals surface area contributed by atoms with Crippen molar-refractivity contribution in [2.24, 2.45) is 0 Å². The summed E-state index contributed by atoms with van der Waals surface area (Å²) >= 11 is 5.89. The Balaban J connectivity index is 2.79. The van der Waals surface area contributed by atoms with E-state index in [9.17, 15) is 5.11 Å². The van der Waals surface area contributed by atoms with Gasteiger partial charge in [-0.3, -0.25) is 0 Å². The van der Waals surface area contributed by atoms with Crippen molar-refractivity contribution in [3.8, 4) is 0 Å². The molecule has 12 heavy (non-hydrogen) atoms. The molecule has 0 aromatic heterocycles. The zero-order chi connectivity index (χ0) is 8.97. The van der Waals surface area contributed by atoms with Gasteiger partial charge in [-0.15, -0.1) is 0 Å². The summed E-state index contributed by atoms with van der Waals surface area (Å²) in [6.07, 6.45) is 1.32. The largest absolute Gasteiger partial charge is 0.388 e. The van der Waals surface area contributed by atoms with Crippen LogP contribution in [0.2, 0.25) is 5.02 Å². The highest BCUT2D eigenvalue weighted by atomic mass is 35.5. The van der Waals surface area contributed by atoms with Crippen LogP contribution in [-0.2, 0) is 0 Å². The second-order valence-corrected chi connectivity index (χ2v) is 3.23. The molecule has 0 aliphatic rings. The van der Waals surface area contributed by atoms with Crippen LogP contribution in [0, 0.1) is 0 Å². The Bertz CT molecular complexity index is 247. The minimum atomic E-state index is -0.413. The smallest absolute Gasteiger partial charge is 0.0804 e. The Morgan fingerprint density at radius 1 is 1.42 bits per heavy atom. The molecule has 1 unspecified atom stereocenters. The predicted molar refractivity (Wildman–Crippen MR) is 51.3 cm³/mol. The lowest BCUT2D eigenvalue weighted by Gasteiger charge is -2.10. The average molecular weight is 185 g/mol. The van der Waals surface area contributed by atoms with Crippen LogP contribution in [0.25, 0.3) is 0 Å². The molecule has 1 rings (SSSR count). The van der Waals surface area contributed by atoms with Crippen LogP contribution in [0.4, 0.5) is 0 Å². The van der Waals surface area contributed by atoms with Crippen molar-refractivity contribution in [3.05, 3.63) is 34.9 Å². The molecule has 1 aromatic rings. The fraction of sp³-hybridized carbons (Fsp3) is 0.400. The first-order chi connectivity index (χ1) is 5.75. The maximum absolute atomic E-state index is 9.62. The lowest BCUT2D eigenvalue weighted by molar-refractivity contribution is 0.166. The first-order valence-corrected chi connectivity index (χ1v) is 4.56. The summed E-state index contributed by atoms with van der Waals surface area (Å²) < 4.78 is 0. The summed E-state index contributed by atoms with van der Waals surface area (Å²) in [5.41, 5.74) is 0.834. The molecular formula is C10H13ClO. The van der Waals surface area contributed by atoms with E-state index < -0.39 is 6.10 Å². The van der Waals surface area contributed by atoms with Crippen LogP contribution in [0.5, 0.6) is 0 Å². The lowest BCUT2D eigenvalue weighted by Crippen LogP contribution is -1.96. The highest BCUT2D eigenvalue weighted by Gasteiger charge is 2.08. The maximum atomic E-state index is 9.62. The zero-order valence-corrected chi connectivity index (χ0v) is 7.88. The van der Waals surface area contributed by atoms with Gasteiger partial charge in [-0.05, 0) is 18.1 Å². The second kappa shape index (κ2) is 4.48. The van der Waals surface area contributed by atoms with E-state index in [1.54, 1.807) is 6.07 Å². The van der Waals surface area contributed by atoms with E-state index in [1.165, 1.54) is 0 Å². The third-order valence-electron chi connectivity index (χ3n) is 1.83. The Kier molecular flexibility index (Phi) is 3.57. The summed E-state index contributed by atoms with van der Waals surface area (Å²) in [6.45, 7) is 2.04. The topological polar surface area (TPSA) is 20.2 Å². The third kappa shape index (κ3) is 2.23. The normalized spacial score (nSPS) is 12.9. The number of aliphatic hydroxyl groups excluding tert-OH is 1. The van der Waals surface area contributed by atoms with Gasteiger partial charge in [0.05, 0.1) is 6.10 Å². The van der Waals surface area contributed by atoms with Gasteiger partial charge in [0.25, 0.3) is 0 Å². The molecule has 0 spiro atoms. The van der Waals surface area contributed by atoms with Gasteiger partial charge < -0.3 is 5.11 Å². The molecule has 66 valence electrons. The van der Waals surface area contributed by atoms with Crippen molar-refractivity contribution >= 4 is 11.6 Å². The highest BCUT2D eigenvalue weighted by molar-refractivity contribution is 6.31. The molecule has 0 heterocycles. The Morgan fingerprint density at radius 3 is 2.67 bits per heavy atom. The van der Waals surface area contributed by atoms with Gasteiger partial charge in [0.1, 0.15) is 0 Å². The standard InChI is InChI=1S/C10H13ClO/c1-2-5-10(12)8-6-3-4-7-9(8)11/h3-4,6-7,10,12H,2,5H2,1H3. The first-order valence-electron chi connectivity index (χ1n) is 4.18. The van der Waals surface area contributed by atoms with Crippen LogP contribution >= 0.6 is 11.6 Å². The predicted octanol–water partition coefficient (Wildman–Crippen LogP) is 3.17. The van der Waals surface area contributed by atoms with E-state index in [1.807, 2.05) is 25.1 Å². The molecular weight excluding hydrogens is 172 g/mol. The van der Waals surface area contributed by atoms with Gasteiger partial charge in [-0.2, -0.15) is 0 Å². The molecule has 0 radical (unpaired) electrons. The quantitative estimate of drug-likeness (QED) is 0.765. The van der Waals surface area contributed by atoms with Crippen molar-refractivity contribution < 1.29 is 5.11 Å². The van der Waals surface area contributed by atoms with E-state index in [4.69, 9.17) is 11.6 Å². The van der Waals surface area contributed by atoms with Crippen molar-refractivity contribution in [1.82, 2.24) is 0 Å². The Hall–Kier alpha value is -0.530.